The first-order valence-corrected chi connectivity index (χ1v) is 12.8. The third-order valence-electron chi connectivity index (χ3n) is 5.66. The van der Waals surface area contributed by atoms with Crippen LogP contribution in [0, 0.1) is 13.8 Å². The van der Waals surface area contributed by atoms with Gasteiger partial charge < -0.3 is 19.5 Å². The first-order chi connectivity index (χ1) is 18.3. The Morgan fingerprint density at radius 1 is 0.921 bits per heavy atom. The topological polar surface area (TPSA) is 94.2 Å². The number of thioether (sulfide) groups is 1. The summed E-state index contributed by atoms with van der Waals surface area (Å²) in [5.74, 6) is 0.775. The Bertz CT molecular complexity index is 1350. The number of nitrogens with zero attached hydrogens (tertiary/aromatic N) is 1. The predicted molar refractivity (Wildman–Crippen MR) is 148 cm³/mol. The first kappa shape index (κ1) is 26.8. The third kappa shape index (κ3) is 6.95. The summed E-state index contributed by atoms with van der Waals surface area (Å²) in [4.78, 5) is 39.0. The number of carbonyl (C=O) groups is 3. The molecule has 1 N–H and O–H groups in total. The van der Waals surface area contributed by atoms with Gasteiger partial charge in [0.2, 0.25) is 0 Å². The van der Waals surface area contributed by atoms with Crippen LogP contribution in [0.4, 0.5) is 10.5 Å². The van der Waals surface area contributed by atoms with Crippen molar-refractivity contribution in [2.75, 3.05) is 32.2 Å². The van der Waals surface area contributed by atoms with Crippen LogP contribution in [0.15, 0.2) is 71.6 Å². The van der Waals surface area contributed by atoms with Crippen LogP contribution in [-0.2, 0) is 9.59 Å². The second-order valence-corrected chi connectivity index (χ2v) is 9.60. The number of rotatable bonds is 10. The van der Waals surface area contributed by atoms with Gasteiger partial charge in [0, 0.05) is 5.69 Å². The molecule has 3 aromatic carbocycles. The smallest absolute Gasteiger partial charge is 0.293 e. The molecular formula is C29H28N2O6S. The Morgan fingerprint density at radius 2 is 1.61 bits per heavy atom. The number of imide groups is 1. The van der Waals surface area contributed by atoms with Gasteiger partial charge in [-0.25, -0.2) is 0 Å². The van der Waals surface area contributed by atoms with Crippen molar-refractivity contribution in [3.05, 3.63) is 88.3 Å². The van der Waals surface area contributed by atoms with E-state index in [0.29, 0.717) is 33.4 Å². The number of hydrogen-bond donors (Lipinski definition) is 1. The zero-order valence-corrected chi connectivity index (χ0v) is 22.2. The summed E-state index contributed by atoms with van der Waals surface area (Å²) in [6.07, 6.45) is 1.63. The molecule has 0 atom stereocenters. The molecule has 8 nitrogen and oxygen atoms in total. The number of aryl methyl sites for hydroxylation is 2. The number of ether oxygens (including phenoxy) is 3. The van der Waals surface area contributed by atoms with E-state index >= 15 is 0 Å². The average Bonchev–Trinajstić information content (AvgIpc) is 3.17. The van der Waals surface area contributed by atoms with E-state index in [-0.39, 0.29) is 36.8 Å². The van der Waals surface area contributed by atoms with Gasteiger partial charge in [0.1, 0.15) is 12.4 Å². The fourth-order valence-corrected chi connectivity index (χ4v) is 4.47. The highest BCUT2D eigenvalue weighted by molar-refractivity contribution is 8.18. The second kappa shape index (κ2) is 12.3. The van der Waals surface area contributed by atoms with E-state index in [4.69, 9.17) is 14.2 Å². The zero-order valence-electron chi connectivity index (χ0n) is 21.4. The average molecular weight is 533 g/mol. The van der Waals surface area contributed by atoms with E-state index in [1.54, 1.807) is 24.3 Å². The van der Waals surface area contributed by atoms with Crippen molar-refractivity contribution in [1.29, 1.82) is 0 Å². The lowest BCUT2D eigenvalue weighted by atomic mass is 10.2. The summed E-state index contributed by atoms with van der Waals surface area (Å²) in [5, 5.41) is 2.43. The van der Waals surface area contributed by atoms with E-state index < -0.39 is 0 Å². The van der Waals surface area contributed by atoms with Crippen molar-refractivity contribution < 1.29 is 28.6 Å². The minimum absolute atomic E-state index is 0.149. The lowest BCUT2D eigenvalue weighted by Crippen LogP contribution is -2.32. The number of methoxy groups -OCH3 is 1. The Hall–Kier alpha value is -4.24. The summed E-state index contributed by atoms with van der Waals surface area (Å²) < 4.78 is 16.7. The van der Waals surface area contributed by atoms with Gasteiger partial charge in [0.05, 0.1) is 18.6 Å². The molecule has 0 unspecified atom stereocenters. The molecular weight excluding hydrogens is 504 g/mol. The summed E-state index contributed by atoms with van der Waals surface area (Å²) in [5.41, 5.74) is 3.55. The molecule has 0 bridgehead atoms. The standard InChI is InChI=1S/C29H28N2O6S/c1-19-4-9-22(10-5-19)30-27(32)18-37-24-13-8-21(16-25(24)35-3)17-26-28(33)31(29(34)38-26)14-15-36-23-11-6-20(2)7-12-23/h4-13,16-17H,14-15,18H2,1-3H3,(H,30,32)/b26-17-. The van der Waals surface area contributed by atoms with Gasteiger partial charge in [-0.2, -0.15) is 0 Å². The normalized spacial score (nSPS) is 14.1. The van der Waals surface area contributed by atoms with Crippen molar-refractivity contribution in [3.8, 4) is 17.2 Å². The van der Waals surface area contributed by atoms with Gasteiger partial charge in [-0.15, -0.1) is 0 Å². The molecule has 0 radical (unpaired) electrons. The summed E-state index contributed by atoms with van der Waals surface area (Å²) in [6, 6.07) is 20.1. The van der Waals surface area contributed by atoms with Crippen molar-refractivity contribution in [2.45, 2.75) is 13.8 Å². The first-order valence-electron chi connectivity index (χ1n) is 11.9. The molecule has 0 aliphatic carbocycles. The van der Waals surface area contributed by atoms with E-state index in [1.165, 1.54) is 12.0 Å². The Kier molecular flexibility index (Phi) is 8.70. The molecule has 1 saturated heterocycles. The minimum Gasteiger partial charge on any atom is -0.493 e. The Balaban J connectivity index is 1.34. The van der Waals surface area contributed by atoms with Crippen molar-refractivity contribution in [1.82, 2.24) is 4.90 Å². The molecule has 3 amide bonds. The van der Waals surface area contributed by atoms with Crippen LogP contribution in [0.1, 0.15) is 16.7 Å². The monoisotopic (exact) mass is 532 g/mol. The Labute approximate surface area is 225 Å². The van der Waals surface area contributed by atoms with E-state index in [1.807, 2.05) is 62.4 Å². The highest BCUT2D eigenvalue weighted by atomic mass is 32.2. The molecule has 1 heterocycles. The van der Waals surface area contributed by atoms with Crippen LogP contribution in [0.25, 0.3) is 6.08 Å². The fourth-order valence-electron chi connectivity index (χ4n) is 3.60. The summed E-state index contributed by atoms with van der Waals surface area (Å²) >= 11 is 0.876. The zero-order chi connectivity index (χ0) is 27.1. The molecule has 38 heavy (non-hydrogen) atoms. The van der Waals surface area contributed by atoms with Gasteiger partial charge in [-0.3, -0.25) is 19.3 Å². The highest BCUT2D eigenvalue weighted by Gasteiger charge is 2.34. The van der Waals surface area contributed by atoms with Crippen LogP contribution in [0.2, 0.25) is 0 Å². The van der Waals surface area contributed by atoms with E-state index in [9.17, 15) is 14.4 Å². The van der Waals surface area contributed by atoms with Crippen molar-refractivity contribution in [2.24, 2.45) is 0 Å². The molecule has 9 heteroatoms. The molecule has 4 rings (SSSR count). The van der Waals surface area contributed by atoms with Gasteiger partial charge >= 0.3 is 0 Å². The van der Waals surface area contributed by atoms with Gasteiger partial charge in [-0.05, 0) is 73.6 Å². The summed E-state index contributed by atoms with van der Waals surface area (Å²) in [7, 11) is 1.49. The van der Waals surface area contributed by atoms with Crippen LogP contribution in [0.5, 0.6) is 17.2 Å². The lowest BCUT2D eigenvalue weighted by Gasteiger charge is -2.13. The quantitative estimate of drug-likeness (QED) is 0.347. The van der Waals surface area contributed by atoms with Crippen molar-refractivity contribution in [3.63, 3.8) is 0 Å². The maximum Gasteiger partial charge on any atom is 0.293 e. The molecule has 0 aromatic heterocycles. The van der Waals surface area contributed by atoms with Crippen LogP contribution in [0.3, 0.4) is 0 Å². The molecule has 1 fully saturated rings. The SMILES string of the molecule is COc1cc(/C=C2\SC(=O)N(CCOc3ccc(C)cc3)C2=O)ccc1OCC(=O)Nc1ccc(C)cc1. The maximum absolute atomic E-state index is 12.8. The van der Waals surface area contributed by atoms with Crippen LogP contribution < -0.4 is 19.5 Å². The van der Waals surface area contributed by atoms with Crippen molar-refractivity contribution >= 4 is 40.6 Å². The van der Waals surface area contributed by atoms with Gasteiger partial charge in [0.15, 0.2) is 18.1 Å². The van der Waals surface area contributed by atoms with Crippen LogP contribution in [-0.4, -0.2) is 48.8 Å². The van der Waals surface area contributed by atoms with Crippen LogP contribution >= 0.6 is 11.8 Å². The van der Waals surface area contributed by atoms with Gasteiger partial charge in [0.25, 0.3) is 17.1 Å². The number of carbonyl (C=O) groups excluding carboxylic acids is 3. The number of nitrogens with one attached hydrogen (secondary N) is 1. The molecule has 1 aliphatic rings. The minimum atomic E-state index is -0.375. The predicted octanol–water partition coefficient (Wildman–Crippen LogP) is 5.44. The number of amides is 3. The maximum atomic E-state index is 12.8. The fraction of sp³-hybridized carbons (Fsp3) is 0.207. The second-order valence-electron chi connectivity index (χ2n) is 8.61. The third-order valence-corrected chi connectivity index (χ3v) is 6.57. The molecule has 3 aromatic rings. The Morgan fingerprint density at radius 3 is 2.29 bits per heavy atom. The number of anilines is 1. The number of benzene rings is 3. The molecule has 196 valence electrons. The number of hydrogen-bond acceptors (Lipinski definition) is 7. The van der Waals surface area contributed by atoms with Gasteiger partial charge in [-0.1, -0.05) is 41.5 Å². The van der Waals surface area contributed by atoms with E-state index in [2.05, 4.69) is 5.32 Å². The molecule has 1 aliphatic heterocycles. The largest absolute Gasteiger partial charge is 0.493 e. The summed E-state index contributed by atoms with van der Waals surface area (Å²) in [6.45, 7) is 4.10. The van der Waals surface area contributed by atoms with E-state index in [0.717, 1.165) is 22.9 Å². The lowest BCUT2D eigenvalue weighted by molar-refractivity contribution is -0.123. The highest BCUT2D eigenvalue weighted by Crippen LogP contribution is 2.34. The molecule has 0 spiro atoms. The molecule has 0 saturated carbocycles.